The number of amides is 1. The number of fused-ring (bicyclic) bond motifs is 1. The fourth-order valence-corrected chi connectivity index (χ4v) is 2.83. The lowest BCUT2D eigenvalue weighted by molar-refractivity contribution is -0.131. The Morgan fingerprint density at radius 3 is 2.82 bits per heavy atom. The average Bonchev–Trinajstić information content (AvgIpc) is 3.26. The van der Waals surface area contributed by atoms with E-state index in [9.17, 15) is 4.79 Å². The molecular formula is C18H23NO3. The maximum Gasteiger partial charge on any atom is 0.227 e. The van der Waals surface area contributed by atoms with E-state index < -0.39 is 0 Å². The molecule has 0 atom stereocenters. The first-order valence-corrected chi connectivity index (χ1v) is 7.92. The number of hydrogen-bond donors (Lipinski definition) is 0. The SMILES string of the molecule is COc1ccc2c(CC(=O)N(CC(C)C)C3CC3)coc2c1. The molecule has 0 aliphatic heterocycles. The molecule has 0 unspecified atom stereocenters. The fraction of sp³-hybridized carbons (Fsp3) is 0.500. The largest absolute Gasteiger partial charge is 0.497 e. The molecule has 0 radical (unpaired) electrons. The molecule has 118 valence electrons. The zero-order chi connectivity index (χ0) is 15.7. The van der Waals surface area contributed by atoms with Gasteiger partial charge in [0.15, 0.2) is 0 Å². The van der Waals surface area contributed by atoms with E-state index in [2.05, 4.69) is 13.8 Å². The molecule has 4 heteroatoms. The smallest absolute Gasteiger partial charge is 0.227 e. The topological polar surface area (TPSA) is 42.7 Å². The molecule has 1 amide bonds. The molecule has 0 bridgehead atoms. The molecule has 0 saturated heterocycles. The van der Waals surface area contributed by atoms with Crippen molar-refractivity contribution in [2.75, 3.05) is 13.7 Å². The Hall–Kier alpha value is -1.97. The summed E-state index contributed by atoms with van der Waals surface area (Å²) in [6.45, 7) is 5.15. The molecule has 0 N–H and O–H groups in total. The minimum atomic E-state index is 0.203. The lowest BCUT2D eigenvalue weighted by atomic mass is 10.1. The van der Waals surface area contributed by atoms with Crippen molar-refractivity contribution in [1.82, 2.24) is 4.90 Å². The summed E-state index contributed by atoms with van der Waals surface area (Å²) in [5, 5.41) is 0.995. The summed E-state index contributed by atoms with van der Waals surface area (Å²) in [6.07, 6.45) is 4.38. The molecule has 1 aliphatic rings. The van der Waals surface area contributed by atoms with Crippen LogP contribution in [-0.2, 0) is 11.2 Å². The van der Waals surface area contributed by atoms with Gasteiger partial charge in [-0.05, 0) is 30.9 Å². The highest BCUT2D eigenvalue weighted by Crippen LogP contribution is 2.30. The van der Waals surface area contributed by atoms with E-state index in [4.69, 9.17) is 9.15 Å². The lowest BCUT2D eigenvalue weighted by Crippen LogP contribution is -2.37. The third kappa shape index (κ3) is 3.11. The van der Waals surface area contributed by atoms with Crippen LogP contribution in [0.15, 0.2) is 28.9 Å². The fourth-order valence-electron chi connectivity index (χ4n) is 2.83. The minimum absolute atomic E-state index is 0.203. The van der Waals surface area contributed by atoms with Crippen molar-refractivity contribution >= 4 is 16.9 Å². The van der Waals surface area contributed by atoms with Gasteiger partial charge in [-0.3, -0.25) is 4.79 Å². The van der Waals surface area contributed by atoms with Crippen LogP contribution in [0, 0.1) is 5.92 Å². The second kappa shape index (κ2) is 6.03. The highest BCUT2D eigenvalue weighted by Gasteiger charge is 2.32. The van der Waals surface area contributed by atoms with Crippen molar-refractivity contribution in [1.29, 1.82) is 0 Å². The summed E-state index contributed by atoms with van der Waals surface area (Å²) in [5.41, 5.74) is 1.72. The molecule has 0 spiro atoms. The Morgan fingerprint density at radius 2 is 2.18 bits per heavy atom. The average molecular weight is 301 g/mol. The first-order chi connectivity index (χ1) is 10.6. The van der Waals surface area contributed by atoms with Crippen LogP contribution in [0.4, 0.5) is 0 Å². The summed E-state index contributed by atoms with van der Waals surface area (Å²) in [6, 6.07) is 6.17. The van der Waals surface area contributed by atoms with E-state index in [-0.39, 0.29) is 5.91 Å². The van der Waals surface area contributed by atoms with Gasteiger partial charge < -0.3 is 14.1 Å². The quantitative estimate of drug-likeness (QED) is 0.818. The van der Waals surface area contributed by atoms with Crippen LogP contribution in [0.25, 0.3) is 11.0 Å². The van der Waals surface area contributed by atoms with Crippen molar-refractivity contribution in [3.8, 4) is 5.75 Å². The third-order valence-corrected chi connectivity index (χ3v) is 4.07. The van der Waals surface area contributed by atoms with Gasteiger partial charge in [0.25, 0.3) is 0 Å². The van der Waals surface area contributed by atoms with Crippen LogP contribution in [-0.4, -0.2) is 30.5 Å². The number of methoxy groups -OCH3 is 1. The van der Waals surface area contributed by atoms with Gasteiger partial charge in [0.05, 0.1) is 19.8 Å². The molecule has 1 heterocycles. The van der Waals surface area contributed by atoms with Crippen LogP contribution in [0.3, 0.4) is 0 Å². The summed E-state index contributed by atoms with van der Waals surface area (Å²) < 4.78 is 10.8. The summed E-state index contributed by atoms with van der Waals surface area (Å²) in [5.74, 6) is 1.46. The third-order valence-electron chi connectivity index (χ3n) is 4.07. The Labute approximate surface area is 131 Å². The number of rotatable bonds is 6. The molecule has 3 rings (SSSR count). The predicted molar refractivity (Wildman–Crippen MR) is 86.0 cm³/mol. The number of ether oxygens (including phenoxy) is 1. The molecular weight excluding hydrogens is 278 g/mol. The second-order valence-corrected chi connectivity index (χ2v) is 6.47. The Bertz CT molecular complexity index is 670. The maximum absolute atomic E-state index is 12.7. The Balaban J connectivity index is 1.78. The standard InChI is InChI=1S/C18H23NO3/c1-12(2)10-19(14-4-5-14)18(20)8-13-11-22-17-9-15(21-3)6-7-16(13)17/h6-7,9,11-12,14H,4-5,8,10H2,1-3H3. The van der Waals surface area contributed by atoms with Crippen LogP contribution < -0.4 is 4.74 Å². The normalized spacial score (nSPS) is 14.5. The van der Waals surface area contributed by atoms with Gasteiger partial charge in [-0.2, -0.15) is 0 Å². The molecule has 1 aromatic carbocycles. The van der Waals surface area contributed by atoms with E-state index in [1.165, 1.54) is 0 Å². The Morgan fingerprint density at radius 1 is 1.41 bits per heavy atom. The number of hydrogen-bond acceptors (Lipinski definition) is 3. The zero-order valence-electron chi connectivity index (χ0n) is 13.5. The van der Waals surface area contributed by atoms with Gasteiger partial charge in [0, 0.05) is 29.6 Å². The lowest BCUT2D eigenvalue weighted by Gasteiger charge is -2.24. The highest BCUT2D eigenvalue weighted by molar-refractivity contribution is 5.88. The molecule has 4 nitrogen and oxygen atoms in total. The predicted octanol–water partition coefficient (Wildman–Crippen LogP) is 3.63. The molecule has 22 heavy (non-hydrogen) atoms. The summed E-state index contributed by atoms with van der Waals surface area (Å²) in [7, 11) is 1.63. The van der Waals surface area contributed by atoms with Crippen LogP contribution >= 0.6 is 0 Å². The second-order valence-electron chi connectivity index (χ2n) is 6.47. The van der Waals surface area contributed by atoms with E-state index in [0.717, 1.165) is 41.7 Å². The van der Waals surface area contributed by atoms with Crippen molar-refractivity contribution in [2.45, 2.75) is 39.2 Å². The summed E-state index contributed by atoms with van der Waals surface area (Å²) >= 11 is 0. The Kier molecular flexibility index (Phi) is 4.10. The van der Waals surface area contributed by atoms with E-state index in [0.29, 0.717) is 18.4 Å². The molecule has 1 fully saturated rings. The maximum atomic E-state index is 12.7. The van der Waals surface area contributed by atoms with Gasteiger partial charge in [0.2, 0.25) is 5.91 Å². The highest BCUT2D eigenvalue weighted by atomic mass is 16.5. The van der Waals surface area contributed by atoms with Crippen molar-refractivity contribution in [3.63, 3.8) is 0 Å². The first kappa shape index (κ1) is 14.9. The number of carbonyl (C=O) groups excluding carboxylic acids is 1. The van der Waals surface area contributed by atoms with Gasteiger partial charge in [0.1, 0.15) is 11.3 Å². The van der Waals surface area contributed by atoms with Crippen molar-refractivity contribution in [3.05, 3.63) is 30.0 Å². The monoisotopic (exact) mass is 301 g/mol. The van der Waals surface area contributed by atoms with Crippen LogP contribution in [0.1, 0.15) is 32.3 Å². The first-order valence-electron chi connectivity index (χ1n) is 7.92. The van der Waals surface area contributed by atoms with Gasteiger partial charge in [-0.15, -0.1) is 0 Å². The molecule has 2 aromatic rings. The number of benzene rings is 1. The minimum Gasteiger partial charge on any atom is -0.497 e. The molecule has 1 saturated carbocycles. The number of carbonyl (C=O) groups is 1. The van der Waals surface area contributed by atoms with E-state index in [1.54, 1.807) is 13.4 Å². The van der Waals surface area contributed by atoms with E-state index in [1.807, 2.05) is 23.1 Å². The molecule has 1 aliphatic carbocycles. The van der Waals surface area contributed by atoms with Gasteiger partial charge >= 0.3 is 0 Å². The van der Waals surface area contributed by atoms with Gasteiger partial charge in [-0.25, -0.2) is 0 Å². The number of furan rings is 1. The van der Waals surface area contributed by atoms with Crippen LogP contribution in [0.5, 0.6) is 5.75 Å². The molecule has 1 aromatic heterocycles. The zero-order valence-corrected chi connectivity index (χ0v) is 13.5. The number of nitrogens with zero attached hydrogens (tertiary/aromatic N) is 1. The van der Waals surface area contributed by atoms with Crippen molar-refractivity contribution in [2.24, 2.45) is 5.92 Å². The van der Waals surface area contributed by atoms with Crippen LogP contribution in [0.2, 0.25) is 0 Å². The van der Waals surface area contributed by atoms with E-state index >= 15 is 0 Å². The summed E-state index contributed by atoms with van der Waals surface area (Å²) in [4.78, 5) is 14.7. The van der Waals surface area contributed by atoms with Gasteiger partial charge in [-0.1, -0.05) is 13.8 Å². The van der Waals surface area contributed by atoms with Crippen molar-refractivity contribution < 1.29 is 13.9 Å².